The molecule has 2 unspecified atom stereocenters. The fourth-order valence-electron chi connectivity index (χ4n) is 3.16. The van der Waals surface area contributed by atoms with Crippen molar-refractivity contribution in [2.24, 2.45) is 0 Å². The SMILES string of the molecule is CC(C)N1CCC(N2CCOC(c3ccc(Cl)s3)C2)C1=O. The number of likely N-dealkylation sites (tertiary alicyclic amines) is 1. The van der Waals surface area contributed by atoms with Crippen LogP contribution >= 0.6 is 22.9 Å². The average Bonchev–Trinajstić information content (AvgIpc) is 3.05. The van der Waals surface area contributed by atoms with E-state index in [0.717, 1.165) is 35.3 Å². The first-order valence-electron chi connectivity index (χ1n) is 7.47. The van der Waals surface area contributed by atoms with Gasteiger partial charge in [0.05, 0.1) is 17.0 Å². The molecular weight excluding hydrogens is 308 g/mol. The van der Waals surface area contributed by atoms with Crippen molar-refractivity contribution < 1.29 is 9.53 Å². The van der Waals surface area contributed by atoms with Crippen LogP contribution in [0, 0.1) is 0 Å². The molecular formula is C15H21ClN2O2S. The lowest BCUT2D eigenvalue weighted by Crippen LogP contribution is -2.48. The van der Waals surface area contributed by atoms with E-state index in [-0.39, 0.29) is 24.1 Å². The van der Waals surface area contributed by atoms with Gasteiger partial charge in [-0.15, -0.1) is 11.3 Å². The highest BCUT2D eigenvalue weighted by molar-refractivity contribution is 7.16. The van der Waals surface area contributed by atoms with Crippen LogP contribution < -0.4 is 0 Å². The molecule has 2 atom stereocenters. The summed E-state index contributed by atoms with van der Waals surface area (Å²) in [7, 11) is 0. The first-order valence-corrected chi connectivity index (χ1v) is 8.67. The molecule has 4 nitrogen and oxygen atoms in total. The van der Waals surface area contributed by atoms with E-state index in [1.807, 2.05) is 17.0 Å². The molecule has 1 aromatic rings. The van der Waals surface area contributed by atoms with Crippen LogP contribution in [-0.2, 0) is 9.53 Å². The number of hydrogen-bond donors (Lipinski definition) is 0. The number of thiophene rings is 1. The van der Waals surface area contributed by atoms with E-state index in [0.29, 0.717) is 6.61 Å². The van der Waals surface area contributed by atoms with Crippen molar-refractivity contribution in [3.63, 3.8) is 0 Å². The molecule has 0 saturated carbocycles. The maximum Gasteiger partial charge on any atom is 0.240 e. The Morgan fingerprint density at radius 3 is 2.81 bits per heavy atom. The minimum Gasteiger partial charge on any atom is -0.370 e. The van der Waals surface area contributed by atoms with E-state index in [1.165, 1.54) is 0 Å². The molecule has 0 radical (unpaired) electrons. The highest BCUT2D eigenvalue weighted by atomic mass is 35.5. The Morgan fingerprint density at radius 1 is 1.38 bits per heavy atom. The second-order valence-electron chi connectivity index (χ2n) is 5.93. The zero-order valence-corrected chi connectivity index (χ0v) is 14.0. The number of amides is 1. The zero-order valence-electron chi connectivity index (χ0n) is 12.4. The van der Waals surface area contributed by atoms with Gasteiger partial charge >= 0.3 is 0 Å². The molecule has 0 N–H and O–H groups in total. The molecule has 2 aliphatic rings. The molecule has 2 saturated heterocycles. The number of ether oxygens (including phenoxy) is 1. The normalized spacial score (nSPS) is 27.8. The van der Waals surface area contributed by atoms with E-state index in [2.05, 4.69) is 18.7 Å². The zero-order chi connectivity index (χ0) is 15.0. The van der Waals surface area contributed by atoms with Crippen molar-refractivity contribution in [3.8, 4) is 0 Å². The molecule has 1 aromatic heterocycles. The van der Waals surface area contributed by atoms with Gasteiger partial charge in [0.1, 0.15) is 6.10 Å². The lowest BCUT2D eigenvalue weighted by atomic mass is 10.1. The molecule has 0 aromatic carbocycles. The number of nitrogens with zero attached hydrogens (tertiary/aromatic N) is 2. The molecule has 6 heteroatoms. The quantitative estimate of drug-likeness (QED) is 0.855. The summed E-state index contributed by atoms with van der Waals surface area (Å²) in [6, 6.07) is 4.24. The van der Waals surface area contributed by atoms with Crippen LogP contribution in [0.1, 0.15) is 31.2 Å². The molecule has 0 bridgehead atoms. The predicted molar refractivity (Wildman–Crippen MR) is 84.8 cm³/mol. The molecule has 2 fully saturated rings. The van der Waals surface area contributed by atoms with Gasteiger partial charge in [0.25, 0.3) is 0 Å². The molecule has 2 aliphatic heterocycles. The van der Waals surface area contributed by atoms with Gasteiger partial charge in [0.2, 0.25) is 5.91 Å². The van der Waals surface area contributed by atoms with Crippen molar-refractivity contribution in [1.29, 1.82) is 0 Å². The summed E-state index contributed by atoms with van der Waals surface area (Å²) >= 11 is 7.57. The number of hydrogen-bond acceptors (Lipinski definition) is 4. The first-order chi connectivity index (χ1) is 10.1. The third kappa shape index (κ3) is 3.11. The lowest BCUT2D eigenvalue weighted by molar-refractivity contribution is -0.136. The predicted octanol–water partition coefficient (Wildman–Crippen LogP) is 2.78. The molecule has 21 heavy (non-hydrogen) atoms. The maximum atomic E-state index is 12.5. The molecule has 0 spiro atoms. The average molecular weight is 329 g/mol. The largest absolute Gasteiger partial charge is 0.370 e. The van der Waals surface area contributed by atoms with Crippen LogP contribution in [0.4, 0.5) is 0 Å². The number of halogens is 1. The standard InChI is InChI=1S/C15H21ClN2O2S/c1-10(2)18-6-5-11(15(18)19)17-7-8-20-12(9-17)13-3-4-14(16)21-13/h3-4,10-12H,5-9H2,1-2H3. The van der Waals surface area contributed by atoms with Gasteiger partial charge in [-0.05, 0) is 32.4 Å². The van der Waals surface area contributed by atoms with Crippen LogP contribution in [0.5, 0.6) is 0 Å². The third-order valence-electron chi connectivity index (χ3n) is 4.28. The van der Waals surface area contributed by atoms with Crippen molar-refractivity contribution >= 4 is 28.8 Å². The summed E-state index contributed by atoms with van der Waals surface area (Å²) in [6.07, 6.45) is 0.965. The lowest BCUT2D eigenvalue weighted by Gasteiger charge is -2.35. The Morgan fingerprint density at radius 2 is 2.19 bits per heavy atom. The Kier molecular flexibility index (Phi) is 4.54. The van der Waals surface area contributed by atoms with Crippen LogP contribution in [0.15, 0.2) is 12.1 Å². The molecule has 116 valence electrons. The minimum absolute atomic E-state index is 0.0224. The Bertz CT molecular complexity index is 520. The van der Waals surface area contributed by atoms with E-state index < -0.39 is 0 Å². The highest BCUT2D eigenvalue weighted by Crippen LogP contribution is 2.32. The summed E-state index contributed by atoms with van der Waals surface area (Å²) in [5.41, 5.74) is 0. The first kappa shape index (κ1) is 15.3. The number of morpholine rings is 1. The molecule has 3 rings (SSSR count). The second-order valence-corrected chi connectivity index (χ2v) is 7.67. The van der Waals surface area contributed by atoms with E-state index >= 15 is 0 Å². The van der Waals surface area contributed by atoms with Crippen molar-refractivity contribution in [2.75, 3.05) is 26.2 Å². The smallest absolute Gasteiger partial charge is 0.240 e. The fourth-order valence-corrected chi connectivity index (χ4v) is 4.27. The van der Waals surface area contributed by atoms with Crippen LogP contribution in [-0.4, -0.2) is 54.0 Å². The van der Waals surface area contributed by atoms with Gasteiger partial charge in [-0.2, -0.15) is 0 Å². The van der Waals surface area contributed by atoms with Gasteiger partial charge in [-0.3, -0.25) is 9.69 Å². The van der Waals surface area contributed by atoms with Crippen molar-refractivity contribution in [3.05, 3.63) is 21.3 Å². The number of carbonyl (C=O) groups excluding carboxylic acids is 1. The van der Waals surface area contributed by atoms with E-state index in [4.69, 9.17) is 16.3 Å². The topological polar surface area (TPSA) is 32.8 Å². The molecule has 0 aliphatic carbocycles. The van der Waals surface area contributed by atoms with Gasteiger partial charge < -0.3 is 9.64 Å². The van der Waals surface area contributed by atoms with Crippen LogP contribution in [0.2, 0.25) is 4.34 Å². The number of rotatable bonds is 3. The van der Waals surface area contributed by atoms with Gasteiger partial charge in [0, 0.05) is 30.6 Å². The Balaban J connectivity index is 1.68. The van der Waals surface area contributed by atoms with Crippen LogP contribution in [0.3, 0.4) is 0 Å². The summed E-state index contributed by atoms with van der Waals surface area (Å²) < 4.78 is 6.65. The molecule has 1 amide bonds. The monoisotopic (exact) mass is 328 g/mol. The Hall–Kier alpha value is -0.620. The second kappa shape index (κ2) is 6.24. The summed E-state index contributed by atoms with van der Waals surface area (Å²) in [5.74, 6) is 0.273. The van der Waals surface area contributed by atoms with Gasteiger partial charge in [-0.1, -0.05) is 11.6 Å². The van der Waals surface area contributed by atoms with E-state index in [1.54, 1.807) is 11.3 Å². The Labute approximate surface area is 134 Å². The summed E-state index contributed by atoms with van der Waals surface area (Å²) in [5, 5.41) is 0. The highest BCUT2D eigenvalue weighted by Gasteiger charge is 2.39. The summed E-state index contributed by atoms with van der Waals surface area (Å²) in [4.78, 5) is 17.9. The third-order valence-corrected chi connectivity index (χ3v) is 5.61. The van der Waals surface area contributed by atoms with Crippen LogP contribution in [0.25, 0.3) is 0 Å². The molecule has 3 heterocycles. The number of carbonyl (C=O) groups is 1. The van der Waals surface area contributed by atoms with Crippen molar-refractivity contribution in [1.82, 2.24) is 9.80 Å². The van der Waals surface area contributed by atoms with Gasteiger partial charge in [-0.25, -0.2) is 0 Å². The fraction of sp³-hybridized carbons (Fsp3) is 0.667. The van der Waals surface area contributed by atoms with E-state index in [9.17, 15) is 4.79 Å². The summed E-state index contributed by atoms with van der Waals surface area (Å²) in [6.45, 7) is 7.31. The maximum absolute atomic E-state index is 12.5. The van der Waals surface area contributed by atoms with Gasteiger partial charge in [0.15, 0.2) is 0 Å². The minimum atomic E-state index is 0.0224. The van der Waals surface area contributed by atoms with Crippen molar-refractivity contribution in [2.45, 2.75) is 38.5 Å².